The first-order valence-electron chi connectivity index (χ1n) is 16.7. The van der Waals surface area contributed by atoms with Crippen LogP contribution in [0.5, 0.6) is 0 Å². The highest BCUT2D eigenvalue weighted by atomic mass is 79.9. The molecular weight excluding hydrogens is 716 g/mol. The van der Waals surface area contributed by atoms with Gasteiger partial charge < -0.3 is 19.7 Å². The summed E-state index contributed by atoms with van der Waals surface area (Å²) in [6.45, 7) is 7.14. The van der Waals surface area contributed by atoms with Gasteiger partial charge >= 0.3 is 12.1 Å². The van der Waals surface area contributed by atoms with Crippen LogP contribution in [0.1, 0.15) is 85.1 Å². The quantitative estimate of drug-likeness (QED) is 0.239. The fourth-order valence-electron chi connectivity index (χ4n) is 6.49. The standard InChI is InChI=1S/C34H43BrN6O7S/c1-5-47-30(45)34-17-21(34)12-9-7-6-8-10-13-23(39-32(46)48-33(2,3)4)28(43)40-20-22(16-24(40)25(42)18-34)41-29(44)27(35)26(19-38-41)49-31-36-14-11-15-37-31/h9,11-12,14-15,19,21-24H,5-8,10,13,16-18,20H2,1-4H3,(H,39,46)/b12-9-/t21-,22-,23+,24+,34-/m1/s1. The average Bonchev–Trinajstić information content (AvgIpc) is 3.56. The highest BCUT2D eigenvalue weighted by molar-refractivity contribution is 9.10. The first-order valence-corrected chi connectivity index (χ1v) is 18.3. The second-order valence-electron chi connectivity index (χ2n) is 13.7. The number of allylic oxidation sites excluding steroid dienone is 2. The number of halogens is 1. The van der Waals surface area contributed by atoms with Crippen molar-refractivity contribution in [3.63, 3.8) is 0 Å². The summed E-state index contributed by atoms with van der Waals surface area (Å²) in [5.74, 6) is -1.30. The van der Waals surface area contributed by atoms with Gasteiger partial charge in [0.25, 0.3) is 5.56 Å². The number of Topliss-reactive ketones (excluding diaryl/α,β-unsaturated/α-hetero) is 1. The maximum atomic E-state index is 14.4. The molecule has 15 heteroatoms. The molecule has 1 saturated heterocycles. The molecule has 2 aromatic rings. The Hall–Kier alpha value is -3.59. The number of carbonyl (C=O) groups excluding carboxylic acids is 4. The van der Waals surface area contributed by atoms with Crippen LogP contribution in [-0.4, -0.2) is 79.2 Å². The number of rotatable bonds is 6. The zero-order valence-corrected chi connectivity index (χ0v) is 30.6. The summed E-state index contributed by atoms with van der Waals surface area (Å²) < 4.78 is 12.4. The summed E-state index contributed by atoms with van der Waals surface area (Å²) in [5.41, 5.74) is -2.22. The first-order chi connectivity index (χ1) is 23.3. The maximum Gasteiger partial charge on any atom is 0.408 e. The molecular formula is C34H43BrN6O7S. The molecule has 5 rings (SSSR count). The van der Waals surface area contributed by atoms with Crippen molar-refractivity contribution < 1.29 is 28.7 Å². The van der Waals surface area contributed by atoms with Crippen molar-refractivity contribution in [2.45, 2.75) is 113 Å². The summed E-state index contributed by atoms with van der Waals surface area (Å²) in [5, 5.41) is 7.64. The molecule has 0 bridgehead atoms. The van der Waals surface area contributed by atoms with E-state index in [1.807, 2.05) is 6.08 Å². The van der Waals surface area contributed by atoms with Gasteiger partial charge in [-0.05, 0) is 99.5 Å². The number of nitrogens with zero attached hydrogens (tertiary/aromatic N) is 5. The predicted molar refractivity (Wildman–Crippen MR) is 184 cm³/mol. The average molecular weight is 760 g/mol. The number of ether oxygens (including phenoxy) is 2. The number of aromatic nitrogens is 4. The van der Waals surface area contributed by atoms with Gasteiger partial charge in [-0.15, -0.1) is 0 Å². The second-order valence-corrected chi connectivity index (χ2v) is 15.5. The molecule has 2 aromatic heterocycles. The lowest BCUT2D eigenvalue weighted by atomic mass is 9.91. The third-order valence-electron chi connectivity index (χ3n) is 8.96. The van der Waals surface area contributed by atoms with E-state index in [1.165, 1.54) is 27.5 Å². The number of esters is 1. The van der Waals surface area contributed by atoms with Gasteiger partial charge in [0.15, 0.2) is 10.9 Å². The third-order valence-corrected chi connectivity index (χ3v) is 10.9. The van der Waals surface area contributed by atoms with Crippen molar-refractivity contribution in [3.05, 3.63) is 51.6 Å². The van der Waals surface area contributed by atoms with E-state index in [2.05, 4.69) is 42.4 Å². The summed E-state index contributed by atoms with van der Waals surface area (Å²) >= 11 is 4.59. The monoisotopic (exact) mass is 758 g/mol. The Balaban J connectivity index is 1.48. The molecule has 1 aliphatic carbocycles. The van der Waals surface area contributed by atoms with E-state index in [-0.39, 0.29) is 42.2 Å². The Morgan fingerprint density at radius 1 is 1.14 bits per heavy atom. The molecule has 1 saturated carbocycles. The normalized spacial score (nSPS) is 26.8. The fourth-order valence-corrected chi connectivity index (χ4v) is 7.72. The number of hydrogen-bond donors (Lipinski definition) is 1. The van der Waals surface area contributed by atoms with Crippen molar-refractivity contribution >= 4 is 51.4 Å². The van der Waals surface area contributed by atoms with E-state index >= 15 is 0 Å². The van der Waals surface area contributed by atoms with Crippen LogP contribution in [0.15, 0.2) is 56.1 Å². The van der Waals surface area contributed by atoms with Crippen molar-refractivity contribution in [2.75, 3.05) is 13.2 Å². The van der Waals surface area contributed by atoms with Gasteiger partial charge in [-0.1, -0.05) is 25.0 Å². The van der Waals surface area contributed by atoms with Gasteiger partial charge in [0, 0.05) is 25.4 Å². The molecule has 2 aliphatic heterocycles. The highest BCUT2D eigenvalue weighted by Gasteiger charge is 2.61. The first kappa shape index (κ1) is 36.7. The SMILES string of the molecule is CCOC(=O)[C@]12CC(=O)[C@@H]3C[C@@H](n4ncc(Sc5ncccn5)c(Br)c4=O)CN3C(=O)[C@@H](NC(=O)OC(C)(C)C)CCCCC/C=C\[C@@H]1C2. The molecule has 4 heterocycles. The number of ketones is 1. The molecule has 49 heavy (non-hydrogen) atoms. The van der Waals surface area contributed by atoms with Crippen LogP contribution in [-0.2, 0) is 23.9 Å². The predicted octanol–water partition coefficient (Wildman–Crippen LogP) is 5.03. The van der Waals surface area contributed by atoms with E-state index in [0.29, 0.717) is 29.3 Å². The minimum absolute atomic E-state index is 0.00507. The highest BCUT2D eigenvalue weighted by Crippen LogP contribution is 2.57. The molecule has 0 unspecified atom stereocenters. The number of fused-ring (bicyclic) bond motifs is 2. The minimum atomic E-state index is -0.999. The van der Waals surface area contributed by atoms with Gasteiger partial charge in [0.05, 0.1) is 35.2 Å². The smallest absolute Gasteiger partial charge is 0.408 e. The van der Waals surface area contributed by atoms with Crippen molar-refractivity contribution in [3.8, 4) is 0 Å². The molecule has 1 N–H and O–H groups in total. The Morgan fingerprint density at radius 2 is 1.90 bits per heavy atom. The summed E-state index contributed by atoms with van der Waals surface area (Å²) in [6.07, 6.45) is 12.0. The molecule has 2 amide bonds. The number of nitrogens with one attached hydrogen (secondary N) is 1. The van der Waals surface area contributed by atoms with Crippen molar-refractivity contribution in [2.24, 2.45) is 11.3 Å². The van der Waals surface area contributed by atoms with Crippen LogP contribution < -0.4 is 10.9 Å². The van der Waals surface area contributed by atoms with Crippen molar-refractivity contribution in [1.29, 1.82) is 0 Å². The molecule has 13 nitrogen and oxygen atoms in total. The molecule has 0 spiro atoms. The summed E-state index contributed by atoms with van der Waals surface area (Å²) in [7, 11) is 0. The molecule has 264 valence electrons. The van der Waals surface area contributed by atoms with E-state index in [1.54, 1.807) is 46.2 Å². The fraction of sp³-hybridized carbons (Fsp3) is 0.588. The third kappa shape index (κ3) is 8.77. The van der Waals surface area contributed by atoms with Gasteiger partial charge in [-0.25, -0.2) is 19.4 Å². The van der Waals surface area contributed by atoms with Crippen LogP contribution in [0.3, 0.4) is 0 Å². The Labute approximate surface area is 298 Å². The van der Waals surface area contributed by atoms with Crippen LogP contribution in [0, 0.1) is 11.3 Å². The Kier molecular flexibility index (Phi) is 11.6. The van der Waals surface area contributed by atoms with Gasteiger partial charge in [-0.2, -0.15) is 5.10 Å². The molecule has 5 atom stereocenters. The topological polar surface area (TPSA) is 163 Å². The zero-order chi connectivity index (χ0) is 35.3. The van der Waals surface area contributed by atoms with E-state index < -0.39 is 52.7 Å². The molecule has 2 fully saturated rings. The minimum Gasteiger partial charge on any atom is -0.466 e. The Morgan fingerprint density at radius 3 is 2.61 bits per heavy atom. The van der Waals surface area contributed by atoms with Crippen LogP contribution in [0.2, 0.25) is 0 Å². The van der Waals surface area contributed by atoms with E-state index in [4.69, 9.17) is 9.47 Å². The maximum absolute atomic E-state index is 14.4. The van der Waals surface area contributed by atoms with Crippen LogP contribution >= 0.6 is 27.7 Å². The number of hydrogen-bond acceptors (Lipinski definition) is 11. The van der Waals surface area contributed by atoms with E-state index in [0.717, 1.165) is 19.3 Å². The van der Waals surface area contributed by atoms with E-state index in [9.17, 15) is 24.0 Å². The van der Waals surface area contributed by atoms with Gasteiger partial charge in [0.1, 0.15) is 16.1 Å². The van der Waals surface area contributed by atoms with Gasteiger partial charge in [0.2, 0.25) is 5.91 Å². The van der Waals surface area contributed by atoms with Gasteiger partial charge in [-0.3, -0.25) is 19.2 Å². The molecule has 0 aromatic carbocycles. The summed E-state index contributed by atoms with van der Waals surface area (Å²) in [4.78, 5) is 78.8. The Bertz CT molecular complexity index is 1650. The number of amides is 2. The largest absolute Gasteiger partial charge is 0.466 e. The lowest BCUT2D eigenvalue weighted by Crippen LogP contribution is -2.52. The number of carbonyl (C=O) groups is 4. The summed E-state index contributed by atoms with van der Waals surface area (Å²) in [6, 6.07) is -0.875. The lowest BCUT2D eigenvalue weighted by molar-refractivity contribution is -0.152. The van der Waals surface area contributed by atoms with Crippen molar-refractivity contribution in [1.82, 2.24) is 30.0 Å². The number of alkyl carbamates (subject to hydrolysis) is 1. The lowest BCUT2D eigenvalue weighted by Gasteiger charge is -2.30. The van der Waals surface area contributed by atoms with Crippen LogP contribution in [0.4, 0.5) is 4.79 Å². The second kappa shape index (κ2) is 15.5. The van der Waals surface area contributed by atoms with Crippen LogP contribution in [0.25, 0.3) is 0 Å². The molecule has 0 radical (unpaired) electrons. The molecule has 3 aliphatic rings. The zero-order valence-electron chi connectivity index (χ0n) is 28.2.